The molecule has 0 radical (unpaired) electrons. The van der Waals surface area contributed by atoms with Gasteiger partial charge in [-0.15, -0.1) is 0 Å². The maximum absolute atomic E-state index is 13.6. The molecule has 0 spiro atoms. The predicted molar refractivity (Wildman–Crippen MR) is 178 cm³/mol. The Morgan fingerprint density at radius 1 is 0.646 bits per heavy atom. The minimum atomic E-state index is -1.35. The standard InChI is InChI=1S/C35H34N6O7/c36-33(45)38-22-13-9-20(10-14-22)17-29(31(42)40-30(32(43)44)18-21-11-15-23(16-12-21)39-34(37)46)41-35(47)48-19-28-26-7-3-1-5-24(26)25-6-2-4-8-27(25)28/h1-16,28-30H,17-19H2,(H,40,42)(H,41,47)(H,43,44)(H3,36,38,45)(H3,37,39,46)/t29-,30-/m1/s1. The third-order valence-electron chi connectivity index (χ3n) is 7.89. The van der Waals surface area contributed by atoms with Gasteiger partial charge in [-0.25, -0.2) is 19.2 Å². The van der Waals surface area contributed by atoms with Crippen LogP contribution in [-0.4, -0.2) is 53.8 Å². The summed E-state index contributed by atoms with van der Waals surface area (Å²) in [5, 5.41) is 19.9. The molecule has 48 heavy (non-hydrogen) atoms. The molecule has 1 aliphatic rings. The number of carbonyl (C=O) groups excluding carboxylic acids is 4. The molecule has 13 heteroatoms. The quantitative estimate of drug-likeness (QED) is 0.120. The van der Waals surface area contributed by atoms with Crippen molar-refractivity contribution >= 4 is 41.4 Å². The van der Waals surface area contributed by atoms with Gasteiger partial charge in [-0.3, -0.25) is 4.79 Å². The molecule has 4 aromatic carbocycles. The topological polar surface area (TPSA) is 215 Å². The lowest BCUT2D eigenvalue weighted by atomic mass is 9.98. The number of primary amides is 2. The van der Waals surface area contributed by atoms with Gasteiger partial charge in [0.05, 0.1) is 0 Å². The van der Waals surface area contributed by atoms with Crippen LogP contribution in [0.25, 0.3) is 11.1 Å². The van der Waals surface area contributed by atoms with E-state index in [4.69, 9.17) is 16.2 Å². The maximum Gasteiger partial charge on any atom is 0.407 e. The van der Waals surface area contributed by atoms with Gasteiger partial charge in [-0.1, -0.05) is 72.8 Å². The molecule has 6 amide bonds. The van der Waals surface area contributed by atoms with Gasteiger partial charge in [0.2, 0.25) is 5.91 Å². The van der Waals surface area contributed by atoms with Crippen molar-refractivity contribution in [2.45, 2.75) is 30.8 Å². The summed E-state index contributed by atoms with van der Waals surface area (Å²) in [5.74, 6) is -2.24. The van der Waals surface area contributed by atoms with Crippen molar-refractivity contribution < 1.29 is 33.8 Å². The number of hydrogen-bond donors (Lipinski definition) is 7. The van der Waals surface area contributed by atoms with E-state index in [-0.39, 0.29) is 25.4 Å². The van der Waals surface area contributed by atoms with E-state index in [2.05, 4.69) is 21.3 Å². The smallest absolute Gasteiger partial charge is 0.407 e. The molecule has 2 atom stereocenters. The largest absolute Gasteiger partial charge is 0.480 e. The van der Waals surface area contributed by atoms with E-state index in [0.29, 0.717) is 22.5 Å². The van der Waals surface area contributed by atoms with Crippen LogP contribution < -0.4 is 32.7 Å². The molecule has 9 N–H and O–H groups in total. The molecular weight excluding hydrogens is 616 g/mol. The second kappa shape index (κ2) is 14.8. The first kappa shape index (κ1) is 33.0. The molecule has 0 bridgehead atoms. The Bertz CT molecular complexity index is 1780. The van der Waals surface area contributed by atoms with Crippen molar-refractivity contribution in [2.24, 2.45) is 11.5 Å². The fourth-order valence-electron chi connectivity index (χ4n) is 5.67. The van der Waals surface area contributed by atoms with Crippen LogP contribution in [0.2, 0.25) is 0 Å². The summed E-state index contributed by atoms with van der Waals surface area (Å²) >= 11 is 0. The number of ether oxygens (including phenoxy) is 1. The molecule has 0 aromatic heterocycles. The molecule has 0 fully saturated rings. The molecule has 0 heterocycles. The van der Waals surface area contributed by atoms with Crippen LogP contribution >= 0.6 is 0 Å². The first-order valence-corrected chi connectivity index (χ1v) is 15.0. The Balaban J connectivity index is 1.30. The highest BCUT2D eigenvalue weighted by Gasteiger charge is 2.31. The number of amides is 6. The zero-order chi connectivity index (χ0) is 34.2. The summed E-state index contributed by atoms with van der Waals surface area (Å²) < 4.78 is 5.66. The number of benzene rings is 4. The highest BCUT2D eigenvalue weighted by molar-refractivity contribution is 5.90. The van der Waals surface area contributed by atoms with E-state index in [1.54, 1.807) is 48.5 Å². The zero-order valence-corrected chi connectivity index (χ0v) is 25.6. The fraction of sp³-hybridized carbons (Fsp3) is 0.171. The second-order valence-electron chi connectivity index (χ2n) is 11.2. The Hall–Kier alpha value is -6.37. The second-order valence-corrected chi connectivity index (χ2v) is 11.2. The Morgan fingerprint density at radius 2 is 1.10 bits per heavy atom. The number of nitrogens with one attached hydrogen (secondary N) is 4. The summed E-state index contributed by atoms with van der Waals surface area (Å²) in [5.41, 5.74) is 16.5. The first-order valence-electron chi connectivity index (χ1n) is 15.0. The van der Waals surface area contributed by atoms with E-state index >= 15 is 0 Å². The normalized spacial score (nSPS) is 12.8. The SMILES string of the molecule is NC(=O)Nc1ccc(C[C@@H](NC(=O)[C@@H](Cc2ccc(NC(N)=O)cc2)NC(=O)OCC2c3ccccc3-c3ccccc32)C(=O)O)cc1. The molecule has 4 aromatic rings. The minimum Gasteiger partial charge on any atom is -0.480 e. The van der Waals surface area contributed by atoms with E-state index in [1.165, 1.54) is 0 Å². The van der Waals surface area contributed by atoms with Crippen molar-refractivity contribution in [1.29, 1.82) is 0 Å². The first-order chi connectivity index (χ1) is 23.1. The lowest BCUT2D eigenvalue weighted by Gasteiger charge is -2.22. The average molecular weight is 651 g/mol. The third-order valence-corrected chi connectivity index (χ3v) is 7.89. The average Bonchev–Trinajstić information content (AvgIpc) is 3.38. The highest BCUT2D eigenvalue weighted by atomic mass is 16.5. The summed E-state index contributed by atoms with van der Waals surface area (Å²) in [7, 11) is 0. The van der Waals surface area contributed by atoms with Crippen LogP contribution in [0.1, 0.15) is 28.2 Å². The van der Waals surface area contributed by atoms with E-state index in [0.717, 1.165) is 22.3 Å². The molecule has 13 nitrogen and oxygen atoms in total. The number of aliphatic carboxylic acids is 1. The molecule has 246 valence electrons. The van der Waals surface area contributed by atoms with Crippen molar-refractivity contribution in [1.82, 2.24) is 10.6 Å². The predicted octanol–water partition coefficient (Wildman–Crippen LogP) is 3.93. The van der Waals surface area contributed by atoms with Gasteiger partial charge >= 0.3 is 24.1 Å². The molecule has 0 aliphatic heterocycles. The van der Waals surface area contributed by atoms with Gasteiger partial charge in [-0.2, -0.15) is 0 Å². The molecule has 0 saturated heterocycles. The molecule has 5 rings (SSSR count). The highest BCUT2D eigenvalue weighted by Crippen LogP contribution is 2.44. The van der Waals surface area contributed by atoms with Crippen LogP contribution in [-0.2, 0) is 27.2 Å². The Labute approximate surface area is 275 Å². The molecular formula is C35H34N6O7. The lowest BCUT2D eigenvalue weighted by molar-refractivity contribution is -0.142. The van der Waals surface area contributed by atoms with Crippen molar-refractivity contribution in [3.8, 4) is 11.1 Å². The molecule has 0 saturated carbocycles. The van der Waals surface area contributed by atoms with Gasteiger partial charge in [0, 0.05) is 30.1 Å². The van der Waals surface area contributed by atoms with Gasteiger partial charge in [-0.05, 0) is 57.6 Å². The van der Waals surface area contributed by atoms with Gasteiger partial charge in [0.15, 0.2) is 0 Å². The van der Waals surface area contributed by atoms with Crippen molar-refractivity contribution in [3.63, 3.8) is 0 Å². The maximum atomic E-state index is 13.6. The summed E-state index contributed by atoms with van der Waals surface area (Å²) in [6.45, 7) is 0.0139. The van der Waals surface area contributed by atoms with Crippen molar-refractivity contribution in [2.75, 3.05) is 17.2 Å². The number of carboxylic acids is 1. The third kappa shape index (κ3) is 8.26. The van der Waals surface area contributed by atoms with Crippen LogP contribution in [0.5, 0.6) is 0 Å². The molecule has 0 unspecified atom stereocenters. The van der Waals surface area contributed by atoms with Gasteiger partial charge < -0.3 is 42.6 Å². The van der Waals surface area contributed by atoms with E-state index in [9.17, 15) is 29.1 Å². The van der Waals surface area contributed by atoms with Crippen LogP contribution in [0.15, 0.2) is 97.1 Å². The lowest BCUT2D eigenvalue weighted by Crippen LogP contribution is -2.53. The minimum absolute atomic E-state index is 0.0139. The van der Waals surface area contributed by atoms with Crippen molar-refractivity contribution in [3.05, 3.63) is 119 Å². The van der Waals surface area contributed by atoms with Gasteiger partial charge in [0.25, 0.3) is 0 Å². The van der Waals surface area contributed by atoms with E-state index < -0.39 is 42.1 Å². The monoisotopic (exact) mass is 650 g/mol. The van der Waals surface area contributed by atoms with Crippen LogP contribution in [0.4, 0.5) is 25.8 Å². The zero-order valence-electron chi connectivity index (χ0n) is 25.6. The number of hydrogen-bond acceptors (Lipinski definition) is 6. The summed E-state index contributed by atoms with van der Waals surface area (Å²) in [4.78, 5) is 61.3. The molecule has 1 aliphatic carbocycles. The Kier molecular flexibility index (Phi) is 10.2. The number of carboxylic acid groups (broad SMARTS) is 1. The van der Waals surface area contributed by atoms with E-state index in [1.807, 2.05) is 48.5 Å². The number of anilines is 2. The van der Waals surface area contributed by atoms with Crippen LogP contribution in [0.3, 0.4) is 0 Å². The fourth-order valence-corrected chi connectivity index (χ4v) is 5.67. The number of urea groups is 2. The Morgan fingerprint density at radius 3 is 1.56 bits per heavy atom. The number of carbonyl (C=O) groups is 5. The number of nitrogens with two attached hydrogens (primary N) is 2. The number of fused-ring (bicyclic) bond motifs is 3. The number of alkyl carbamates (subject to hydrolysis) is 1. The number of rotatable bonds is 12. The van der Waals surface area contributed by atoms with Gasteiger partial charge in [0.1, 0.15) is 18.7 Å². The van der Waals surface area contributed by atoms with Crippen LogP contribution in [0, 0.1) is 0 Å². The summed E-state index contributed by atoms with van der Waals surface area (Å²) in [6.07, 6.45) is -0.955. The summed E-state index contributed by atoms with van der Waals surface area (Å²) in [6, 6.07) is 24.5.